The Balaban J connectivity index is 2.67. The number of aliphatic hydroxyl groups is 1. The Labute approximate surface area is 113 Å². The van der Waals surface area contributed by atoms with Gasteiger partial charge in [-0.15, -0.1) is 0 Å². The van der Waals surface area contributed by atoms with Crippen LogP contribution in [-0.4, -0.2) is 30.0 Å². The molecule has 0 saturated carbocycles. The van der Waals surface area contributed by atoms with Gasteiger partial charge in [0.25, 0.3) is 0 Å². The van der Waals surface area contributed by atoms with Crippen molar-refractivity contribution < 1.29 is 19.4 Å². The summed E-state index contributed by atoms with van der Waals surface area (Å²) in [5.41, 5.74) is 1.01. The third-order valence-electron chi connectivity index (χ3n) is 2.19. The molecule has 5 heteroatoms. The Morgan fingerprint density at radius 1 is 1.37 bits per heavy atom. The molecule has 19 heavy (non-hydrogen) atoms. The second-order valence-corrected chi connectivity index (χ2v) is 5.18. The van der Waals surface area contributed by atoms with Crippen LogP contribution < -0.4 is 10.1 Å². The second kappa shape index (κ2) is 6.43. The van der Waals surface area contributed by atoms with E-state index < -0.39 is 11.7 Å². The van der Waals surface area contributed by atoms with E-state index in [1.165, 1.54) is 0 Å². The lowest BCUT2D eigenvalue weighted by Crippen LogP contribution is -2.27. The van der Waals surface area contributed by atoms with Crippen molar-refractivity contribution in [1.29, 1.82) is 0 Å². The standard InChI is InChI=1S/C14H21NO4/c1-10-9-11(18-8-7-16)5-6-12(10)15-13(17)19-14(2,3)4/h5-6,9,16H,7-8H2,1-4H3,(H,15,17). The van der Waals surface area contributed by atoms with E-state index >= 15 is 0 Å². The zero-order valence-corrected chi connectivity index (χ0v) is 11.8. The molecule has 0 aliphatic rings. The normalized spacial score (nSPS) is 11.0. The van der Waals surface area contributed by atoms with E-state index in [2.05, 4.69) is 5.32 Å². The Hall–Kier alpha value is -1.75. The summed E-state index contributed by atoms with van der Waals surface area (Å²) >= 11 is 0. The number of benzene rings is 1. The Morgan fingerprint density at radius 2 is 2.05 bits per heavy atom. The van der Waals surface area contributed by atoms with Gasteiger partial charge in [-0.1, -0.05) is 0 Å². The third kappa shape index (κ3) is 5.61. The number of nitrogens with one attached hydrogen (secondary N) is 1. The number of hydrogen-bond donors (Lipinski definition) is 2. The van der Waals surface area contributed by atoms with Gasteiger partial charge < -0.3 is 14.6 Å². The van der Waals surface area contributed by atoms with Crippen LogP contribution in [0.4, 0.5) is 10.5 Å². The zero-order valence-electron chi connectivity index (χ0n) is 11.8. The number of carbonyl (C=O) groups is 1. The summed E-state index contributed by atoms with van der Waals surface area (Å²) in [6.07, 6.45) is -0.486. The van der Waals surface area contributed by atoms with E-state index in [1.807, 2.05) is 27.7 Å². The first-order valence-corrected chi connectivity index (χ1v) is 6.16. The fraction of sp³-hybridized carbons (Fsp3) is 0.500. The van der Waals surface area contributed by atoms with Crippen molar-refractivity contribution in [2.45, 2.75) is 33.3 Å². The van der Waals surface area contributed by atoms with Gasteiger partial charge in [-0.2, -0.15) is 0 Å². The van der Waals surface area contributed by atoms with Gasteiger partial charge in [0.2, 0.25) is 0 Å². The average Bonchev–Trinajstić information content (AvgIpc) is 2.27. The van der Waals surface area contributed by atoms with Crippen LogP contribution in [0.15, 0.2) is 18.2 Å². The number of carbonyl (C=O) groups excluding carboxylic acids is 1. The van der Waals surface area contributed by atoms with Crippen LogP contribution >= 0.6 is 0 Å². The fourth-order valence-electron chi connectivity index (χ4n) is 1.44. The molecule has 0 spiro atoms. The van der Waals surface area contributed by atoms with Crippen molar-refractivity contribution in [3.05, 3.63) is 23.8 Å². The summed E-state index contributed by atoms with van der Waals surface area (Å²) in [5, 5.41) is 11.4. The Bertz CT molecular complexity index is 438. The number of anilines is 1. The van der Waals surface area contributed by atoms with Gasteiger partial charge >= 0.3 is 6.09 Å². The number of aliphatic hydroxyl groups excluding tert-OH is 1. The molecule has 0 aliphatic heterocycles. The SMILES string of the molecule is Cc1cc(OCCO)ccc1NC(=O)OC(C)(C)C. The van der Waals surface area contributed by atoms with Crippen molar-refractivity contribution in [2.24, 2.45) is 0 Å². The molecule has 1 aromatic rings. The molecule has 0 saturated heterocycles. The second-order valence-electron chi connectivity index (χ2n) is 5.18. The van der Waals surface area contributed by atoms with Crippen LogP contribution in [0.5, 0.6) is 5.75 Å². The maximum atomic E-state index is 11.6. The van der Waals surface area contributed by atoms with Gasteiger partial charge in [-0.05, 0) is 51.5 Å². The summed E-state index contributed by atoms with van der Waals surface area (Å²) in [6.45, 7) is 7.51. The van der Waals surface area contributed by atoms with Crippen molar-refractivity contribution >= 4 is 11.8 Å². The minimum absolute atomic E-state index is 0.0308. The molecular formula is C14H21NO4. The summed E-state index contributed by atoms with van der Waals surface area (Å²) < 4.78 is 10.5. The maximum absolute atomic E-state index is 11.6. The first kappa shape index (κ1) is 15.3. The van der Waals surface area contributed by atoms with Crippen LogP contribution in [0.2, 0.25) is 0 Å². The number of hydrogen-bond acceptors (Lipinski definition) is 4. The van der Waals surface area contributed by atoms with E-state index in [4.69, 9.17) is 14.6 Å². The van der Waals surface area contributed by atoms with E-state index in [9.17, 15) is 4.79 Å². The number of ether oxygens (including phenoxy) is 2. The average molecular weight is 267 g/mol. The van der Waals surface area contributed by atoms with Gasteiger partial charge in [-0.25, -0.2) is 4.79 Å². The van der Waals surface area contributed by atoms with Crippen LogP contribution in [-0.2, 0) is 4.74 Å². The highest BCUT2D eigenvalue weighted by Crippen LogP contribution is 2.22. The molecule has 0 unspecified atom stereocenters. The topological polar surface area (TPSA) is 67.8 Å². The first-order chi connectivity index (χ1) is 8.81. The molecular weight excluding hydrogens is 246 g/mol. The molecule has 2 N–H and O–H groups in total. The first-order valence-electron chi connectivity index (χ1n) is 6.16. The monoisotopic (exact) mass is 267 g/mol. The molecule has 1 aromatic carbocycles. The van der Waals surface area contributed by atoms with Crippen LogP contribution in [0.3, 0.4) is 0 Å². The lowest BCUT2D eigenvalue weighted by atomic mass is 10.2. The summed E-state index contributed by atoms with van der Waals surface area (Å²) in [7, 11) is 0. The Morgan fingerprint density at radius 3 is 2.58 bits per heavy atom. The highest BCUT2D eigenvalue weighted by Gasteiger charge is 2.16. The van der Waals surface area contributed by atoms with E-state index in [1.54, 1.807) is 18.2 Å². The number of amides is 1. The highest BCUT2D eigenvalue weighted by molar-refractivity contribution is 5.86. The van der Waals surface area contributed by atoms with Gasteiger partial charge in [0.05, 0.1) is 6.61 Å². The molecule has 0 atom stereocenters. The summed E-state index contributed by atoms with van der Waals surface area (Å²) in [5.74, 6) is 0.654. The fourth-order valence-corrected chi connectivity index (χ4v) is 1.44. The minimum atomic E-state index is -0.526. The maximum Gasteiger partial charge on any atom is 0.412 e. The van der Waals surface area contributed by atoms with Crippen LogP contribution in [0.1, 0.15) is 26.3 Å². The van der Waals surface area contributed by atoms with Crippen molar-refractivity contribution in [1.82, 2.24) is 0 Å². The lowest BCUT2D eigenvalue weighted by Gasteiger charge is -2.20. The van der Waals surface area contributed by atoms with Crippen molar-refractivity contribution in [3.63, 3.8) is 0 Å². The van der Waals surface area contributed by atoms with E-state index in [0.29, 0.717) is 11.4 Å². The van der Waals surface area contributed by atoms with E-state index in [0.717, 1.165) is 5.56 Å². The van der Waals surface area contributed by atoms with E-state index in [-0.39, 0.29) is 13.2 Å². The lowest BCUT2D eigenvalue weighted by molar-refractivity contribution is 0.0636. The van der Waals surface area contributed by atoms with Gasteiger partial charge in [0.15, 0.2) is 0 Å². The summed E-state index contributed by atoms with van der Waals surface area (Å²) in [4.78, 5) is 11.6. The van der Waals surface area contributed by atoms with Gasteiger partial charge in [0.1, 0.15) is 18.0 Å². The molecule has 0 fully saturated rings. The summed E-state index contributed by atoms with van der Waals surface area (Å²) in [6, 6.07) is 5.27. The molecule has 0 aliphatic carbocycles. The number of rotatable bonds is 4. The molecule has 106 valence electrons. The molecule has 0 aromatic heterocycles. The van der Waals surface area contributed by atoms with Gasteiger partial charge in [-0.3, -0.25) is 5.32 Å². The van der Waals surface area contributed by atoms with Crippen LogP contribution in [0, 0.1) is 6.92 Å². The van der Waals surface area contributed by atoms with Crippen LogP contribution in [0.25, 0.3) is 0 Å². The largest absolute Gasteiger partial charge is 0.491 e. The molecule has 5 nitrogen and oxygen atoms in total. The minimum Gasteiger partial charge on any atom is -0.491 e. The predicted octanol–water partition coefficient (Wildman–Crippen LogP) is 2.71. The smallest absolute Gasteiger partial charge is 0.412 e. The quantitative estimate of drug-likeness (QED) is 0.880. The molecule has 1 amide bonds. The molecule has 0 radical (unpaired) electrons. The van der Waals surface area contributed by atoms with Gasteiger partial charge in [0, 0.05) is 5.69 Å². The third-order valence-corrected chi connectivity index (χ3v) is 2.19. The zero-order chi connectivity index (χ0) is 14.5. The van der Waals surface area contributed by atoms with Crippen molar-refractivity contribution in [2.75, 3.05) is 18.5 Å². The highest BCUT2D eigenvalue weighted by atomic mass is 16.6. The molecule has 0 bridgehead atoms. The Kier molecular flexibility index (Phi) is 5.18. The molecule has 0 heterocycles. The number of aryl methyl sites for hydroxylation is 1. The van der Waals surface area contributed by atoms with Crippen molar-refractivity contribution in [3.8, 4) is 5.75 Å². The molecule has 1 rings (SSSR count). The predicted molar refractivity (Wildman–Crippen MR) is 73.6 cm³/mol.